The third kappa shape index (κ3) is 4.69. The van der Waals surface area contributed by atoms with Crippen LogP contribution in [0.2, 0.25) is 0 Å². The lowest BCUT2D eigenvalue weighted by molar-refractivity contribution is 0.162. The fourth-order valence-electron chi connectivity index (χ4n) is 4.00. The van der Waals surface area contributed by atoms with Gasteiger partial charge in [0, 0.05) is 12.0 Å². The van der Waals surface area contributed by atoms with Crippen molar-refractivity contribution in [1.29, 1.82) is 0 Å². The van der Waals surface area contributed by atoms with Gasteiger partial charge in [0.1, 0.15) is 5.75 Å². The Morgan fingerprint density at radius 2 is 1.29 bits per heavy atom. The molecule has 0 aliphatic carbocycles. The Bertz CT molecular complexity index is 1190. The predicted octanol–water partition coefficient (Wildman–Crippen LogP) is 4.95. The monoisotopic (exact) mass is 411 g/mol. The molecule has 0 amide bonds. The summed E-state index contributed by atoms with van der Waals surface area (Å²) < 4.78 is 0.693. The van der Waals surface area contributed by atoms with Crippen LogP contribution in [0, 0.1) is 0 Å². The normalized spacial score (nSPS) is 11.9. The van der Waals surface area contributed by atoms with Crippen molar-refractivity contribution in [3.8, 4) is 5.75 Å². The summed E-state index contributed by atoms with van der Waals surface area (Å²) in [5.74, 6) is -0.458. The van der Waals surface area contributed by atoms with Crippen LogP contribution >= 0.6 is 0 Å². The number of benzene rings is 3. The number of aromatic nitrogens is 1. The highest BCUT2D eigenvalue weighted by atomic mass is 16.5. The first-order valence-corrected chi connectivity index (χ1v) is 10.4. The number of pyridine rings is 1. The van der Waals surface area contributed by atoms with Crippen LogP contribution in [0.1, 0.15) is 33.9 Å². The zero-order chi connectivity index (χ0) is 21.6. The van der Waals surface area contributed by atoms with Crippen LogP contribution in [0.15, 0.2) is 102 Å². The molecule has 0 fully saturated rings. The van der Waals surface area contributed by atoms with Gasteiger partial charge in [0.15, 0.2) is 0 Å². The summed E-state index contributed by atoms with van der Waals surface area (Å²) >= 11 is 0. The maximum Gasteiger partial charge on any atom is 0.290 e. The van der Waals surface area contributed by atoms with Gasteiger partial charge in [0.25, 0.3) is 5.56 Å². The molecule has 1 aromatic heterocycles. The fourth-order valence-corrected chi connectivity index (χ4v) is 4.00. The lowest BCUT2D eigenvalue weighted by atomic mass is 9.86. The van der Waals surface area contributed by atoms with E-state index in [0.717, 1.165) is 16.7 Å². The van der Waals surface area contributed by atoms with E-state index in [4.69, 9.17) is 0 Å². The number of aromatic hydroxyl groups is 1. The van der Waals surface area contributed by atoms with Gasteiger partial charge in [0.05, 0.1) is 11.3 Å². The Morgan fingerprint density at radius 3 is 1.90 bits per heavy atom. The van der Waals surface area contributed by atoms with Gasteiger partial charge >= 0.3 is 0 Å². The quantitative estimate of drug-likeness (QED) is 0.423. The molecule has 156 valence electrons. The minimum Gasteiger partial charge on any atom is -0.507 e. The molecule has 1 heterocycles. The van der Waals surface area contributed by atoms with Crippen LogP contribution in [0.4, 0.5) is 0 Å². The topological polar surface area (TPSA) is 62.5 Å². The molecule has 4 aromatic rings. The fraction of sp³-hybridized carbons (Fsp3) is 0.148. The van der Waals surface area contributed by atoms with Gasteiger partial charge < -0.3 is 10.3 Å². The van der Waals surface area contributed by atoms with Gasteiger partial charge in [-0.3, -0.25) is 4.79 Å². The minimum atomic E-state index is -0.576. The summed E-state index contributed by atoms with van der Waals surface area (Å²) in [7, 11) is 0. The van der Waals surface area contributed by atoms with Gasteiger partial charge in [0.2, 0.25) is 0 Å². The second-order valence-corrected chi connectivity index (χ2v) is 7.69. The highest BCUT2D eigenvalue weighted by molar-refractivity contribution is 5.42. The highest BCUT2D eigenvalue weighted by Crippen LogP contribution is 2.32. The Balaban J connectivity index is 1.71. The number of hydrogen-bond acceptors (Lipinski definition) is 3. The van der Waals surface area contributed by atoms with Gasteiger partial charge in [-0.2, -0.15) is 4.73 Å². The average molecular weight is 412 g/mol. The first-order valence-electron chi connectivity index (χ1n) is 10.4. The van der Waals surface area contributed by atoms with Gasteiger partial charge in [-0.05, 0) is 36.0 Å². The Kier molecular flexibility index (Phi) is 6.18. The van der Waals surface area contributed by atoms with Crippen molar-refractivity contribution in [1.82, 2.24) is 4.73 Å². The molecular formula is C27H25NO3. The van der Waals surface area contributed by atoms with E-state index in [-0.39, 0.29) is 17.2 Å². The van der Waals surface area contributed by atoms with Crippen LogP contribution in [-0.4, -0.2) is 15.0 Å². The summed E-state index contributed by atoms with van der Waals surface area (Å²) in [5, 5.41) is 21.5. The van der Waals surface area contributed by atoms with E-state index in [1.807, 2.05) is 91.0 Å². The highest BCUT2D eigenvalue weighted by Gasteiger charge is 2.24. The maximum absolute atomic E-state index is 13.2. The molecule has 0 radical (unpaired) electrons. The van der Waals surface area contributed by atoms with Crippen LogP contribution in [0.5, 0.6) is 5.75 Å². The number of hydrogen-bond donors (Lipinski definition) is 2. The molecule has 31 heavy (non-hydrogen) atoms. The molecular weight excluding hydrogens is 386 g/mol. The molecule has 4 rings (SSSR count). The molecule has 1 unspecified atom stereocenters. The number of rotatable bonds is 7. The molecule has 0 saturated carbocycles. The van der Waals surface area contributed by atoms with E-state index in [0.29, 0.717) is 29.7 Å². The minimum absolute atomic E-state index is 0.0804. The molecule has 0 saturated heterocycles. The van der Waals surface area contributed by atoms with Crippen LogP contribution in [0.25, 0.3) is 0 Å². The third-order valence-electron chi connectivity index (χ3n) is 5.62. The molecule has 2 N–H and O–H groups in total. The Hall–Kier alpha value is -3.79. The van der Waals surface area contributed by atoms with Crippen molar-refractivity contribution in [3.05, 3.63) is 135 Å². The molecule has 3 aromatic carbocycles. The molecule has 0 spiro atoms. The van der Waals surface area contributed by atoms with Crippen LogP contribution in [-0.2, 0) is 19.3 Å². The Morgan fingerprint density at radius 1 is 0.742 bits per heavy atom. The van der Waals surface area contributed by atoms with E-state index >= 15 is 0 Å². The van der Waals surface area contributed by atoms with E-state index < -0.39 is 5.56 Å². The number of nitrogens with zero attached hydrogens (tertiary/aromatic N) is 1. The molecule has 0 bridgehead atoms. The van der Waals surface area contributed by atoms with E-state index in [1.54, 1.807) is 0 Å². The summed E-state index contributed by atoms with van der Waals surface area (Å²) in [5.41, 5.74) is 3.09. The first kappa shape index (κ1) is 20.5. The molecule has 4 nitrogen and oxygen atoms in total. The average Bonchev–Trinajstić information content (AvgIpc) is 2.82. The van der Waals surface area contributed by atoms with E-state index in [9.17, 15) is 15.1 Å². The van der Waals surface area contributed by atoms with Gasteiger partial charge in [-0.25, -0.2) is 0 Å². The van der Waals surface area contributed by atoms with Crippen molar-refractivity contribution in [3.63, 3.8) is 0 Å². The zero-order valence-electron chi connectivity index (χ0n) is 17.2. The molecule has 4 heteroatoms. The summed E-state index contributed by atoms with van der Waals surface area (Å²) in [4.78, 5) is 13.2. The molecule has 0 aliphatic heterocycles. The lowest BCUT2D eigenvalue weighted by Gasteiger charge is -2.20. The summed E-state index contributed by atoms with van der Waals surface area (Å²) in [6, 6.07) is 30.8. The zero-order valence-corrected chi connectivity index (χ0v) is 17.2. The summed E-state index contributed by atoms with van der Waals surface area (Å²) in [6.07, 6.45) is 1.64. The standard InChI is InChI=1S/C27H25NO3/c29-25-19-23(17-16-20-10-4-1-5-11-20)28(31)27(30)26(25)24(22-14-8-3-9-15-22)18-21-12-6-2-7-13-21/h1-15,19,24,29,31H,16-18H2. The van der Waals surface area contributed by atoms with Crippen LogP contribution < -0.4 is 5.56 Å². The predicted molar refractivity (Wildman–Crippen MR) is 122 cm³/mol. The number of aryl methyl sites for hydroxylation is 2. The molecule has 1 atom stereocenters. The van der Waals surface area contributed by atoms with Crippen molar-refractivity contribution in [2.24, 2.45) is 0 Å². The summed E-state index contributed by atoms with van der Waals surface area (Å²) in [6.45, 7) is 0. The lowest BCUT2D eigenvalue weighted by Crippen LogP contribution is -2.28. The van der Waals surface area contributed by atoms with Crippen molar-refractivity contribution >= 4 is 0 Å². The van der Waals surface area contributed by atoms with Crippen molar-refractivity contribution in [2.45, 2.75) is 25.2 Å². The largest absolute Gasteiger partial charge is 0.507 e. The first-order chi connectivity index (χ1) is 15.1. The third-order valence-corrected chi connectivity index (χ3v) is 5.62. The van der Waals surface area contributed by atoms with Crippen molar-refractivity contribution in [2.75, 3.05) is 0 Å². The smallest absolute Gasteiger partial charge is 0.290 e. The molecule has 0 aliphatic rings. The van der Waals surface area contributed by atoms with Gasteiger partial charge in [-0.1, -0.05) is 91.0 Å². The Labute approximate surface area is 181 Å². The second-order valence-electron chi connectivity index (χ2n) is 7.69. The SMILES string of the molecule is O=c1c(C(Cc2ccccc2)c2ccccc2)c(O)cc(CCc2ccccc2)n1O. The van der Waals surface area contributed by atoms with E-state index in [1.165, 1.54) is 6.07 Å². The second kappa shape index (κ2) is 9.35. The van der Waals surface area contributed by atoms with Crippen LogP contribution in [0.3, 0.4) is 0 Å². The maximum atomic E-state index is 13.2. The van der Waals surface area contributed by atoms with E-state index in [2.05, 4.69) is 0 Å². The van der Waals surface area contributed by atoms with Gasteiger partial charge in [-0.15, -0.1) is 0 Å². The van der Waals surface area contributed by atoms with Crippen molar-refractivity contribution < 1.29 is 10.3 Å².